The molecule has 1 aromatic rings. The van der Waals surface area contributed by atoms with Crippen molar-refractivity contribution in [2.75, 3.05) is 24.7 Å². The molecular formula is C15H24N2O2. The van der Waals surface area contributed by atoms with Crippen LogP contribution >= 0.6 is 0 Å². The molecule has 0 radical (unpaired) electrons. The second-order valence-corrected chi connectivity index (χ2v) is 5.03. The van der Waals surface area contributed by atoms with Crippen molar-refractivity contribution in [1.82, 2.24) is 4.98 Å². The third-order valence-corrected chi connectivity index (χ3v) is 3.56. The number of aliphatic hydroxyl groups excluding tert-OH is 1. The quantitative estimate of drug-likeness (QED) is 0.784. The highest BCUT2D eigenvalue weighted by molar-refractivity contribution is 5.53. The van der Waals surface area contributed by atoms with Gasteiger partial charge in [0, 0.05) is 25.4 Å². The largest absolute Gasteiger partial charge is 0.490 e. The van der Waals surface area contributed by atoms with Gasteiger partial charge >= 0.3 is 0 Å². The van der Waals surface area contributed by atoms with E-state index in [2.05, 4.69) is 16.8 Å². The Kier molecular flexibility index (Phi) is 5.45. The van der Waals surface area contributed by atoms with Gasteiger partial charge in [-0.25, -0.2) is 4.98 Å². The van der Waals surface area contributed by atoms with Crippen LogP contribution in [0.1, 0.15) is 39.0 Å². The van der Waals surface area contributed by atoms with Crippen LogP contribution in [0.2, 0.25) is 0 Å². The minimum atomic E-state index is 0.223. The summed E-state index contributed by atoms with van der Waals surface area (Å²) in [5, 5.41) is 9.07. The number of aliphatic hydroxyl groups is 1. The molecule has 0 atom stereocenters. The second-order valence-electron chi connectivity index (χ2n) is 5.03. The molecule has 4 nitrogen and oxygen atoms in total. The Balaban J connectivity index is 2.14. The Labute approximate surface area is 115 Å². The van der Waals surface area contributed by atoms with Crippen molar-refractivity contribution in [2.45, 2.75) is 45.1 Å². The lowest BCUT2D eigenvalue weighted by atomic mass is 9.91. The normalized spacial score (nSPS) is 15.1. The molecule has 2 rings (SSSR count). The monoisotopic (exact) mass is 264 g/mol. The van der Waals surface area contributed by atoms with Crippen LogP contribution in [0.3, 0.4) is 0 Å². The molecule has 4 heteroatoms. The summed E-state index contributed by atoms with van der Waals surface area (Å²) in [6, 6.07) is 4.47. The topological polar surface area (TPSA) is 45.6 Å². The highest BCUT2D eigenvalue weighted by atomic mass is 16.5. The van der Waals surface area contributed by atoms with E-state index in [9.17, 15) is 0 Å². The summed E-state index contributed by atoms with van der Waals surface area (Å²) >= 11 is 0. The Morgan fingerprint density at radius 2 is 2.32 bits per heavy atom. The number of aromatic nitrogens is 1. The number of ether oxygens (including phenoxy) is 1. The Hall–Kier alpha value is -1.29. The van der Waals surface area contributed by atoms with Gasteiger partial charge in [0.15, 0.2) is 11.6 Å². The summed E-state index contributed by atoms with van der Waals surface area (Å²) in [6.07, 6.45) is 7.32. The van der Waals surface area contributed by atoms with Crippen LogP contribution in [-0.4, -0.2) is 35.9 Å². The maximum Gasteiger partial charge on any atom is 0.171 e. The van der Waals surface area contributed by atoms with Crippen molar-refractivity contribution in [3.63, 3.8) is 0 Å². The molecule has 0 bridgehead atoms. The van der Waals surface area contributed by atoms with Gasteiger partial charge in [-0.1, -0.05) is 6.92 Å². The number of hydrogen-bond donors (Lipinski definition) is 1. The predicted octanol–water partition coefficient (Wildman–Crippen LogP) is 2.61. The van der Waals surface area contributed by atoms with Gasteiger partial charge in [0.05, 0.1) is 6.61 Å². The lowest BCUT2D eigenvalue weighted by Gasteiger charge is -2.39. The fourth-order valence-electron chi connectivity index (χ4n) is 2.32. The lowest BCUT2D eigenvalue weighted by Crippen LogP contribution is -2.41. The van der Waals surface area contributed by atoms with Crippen LogP contribution in [0.15, 0.2) is 18.3 Å². The number of anilines is 1. The van der Waals surface area contributed by atoms with E-state index in [1.54, 1.807) is 0 Å². The van der Waals surface area contributed by atoms with E-state index in [1.165, 1.54) is 19.3 Å². The van der Waals surface area contributed by atoms with E-state index in [0.717, 1.165) is 37.6 Å². The van der Waals surface area contributed by atoms with Gasteiger partial charge in [0.2, 0.25) is 0 Å². The minimum absolute atomic E-state index is 0.223. The molecule has 1 aromatic heterocycles. The molecule has 106 valence electrons. The first kappa shape index (κ1) is 14.1. The summed E-state index contributed by atoms with van der Waals surface area (Å²) in [7, 11) is 0. The van der Waals surface area contributed by atoms with Crippen molar-refractivity contribution in [1.29, 1.82) is 0 Å². The van der Waals surface area contributed by atoms with Crippen molar-refractivity contribution in [3.05, 3.63) is 18.3 Å². The first-order valence-corrected chi connectivity index (χ1v) is 7.32. The molecule has 0 amide bonds. The van der Waals surface area contributed by atoms with Gasteiger partial charge in [-0.05, 0) is 44.2 Å². The first-order chi connectivity index (χ1) is 9.36. The molecule has 1 heterocycles. The highest BCUT2D eigenvalue weighted by Crippen LogP contribution is 2.33. The SMILES string of the molecule is CCCOc1cccnc1N(CCCO)C1CCC1. The van der Waals surface area contributed by atoms with Crippen molar-refractivity contribution < 1.29 is 9.84 Å². The van der Waals surface area contributed by atoms with E-state index >= 15 is 0 Å². The van der Waals surface area contributed by atoms with Crippen LogP contribution in [0.25, 0.3) is 0 Å². The molecule has 0 aliphatic heterocycles. The Morgan fingerprint density at radius 3 is 2.95 bits per heavy atom. The average molecular weight is 264 g/mol. The van der Waals surface area contributed by atoms with Crippen LogP contribution < -0.4 is 9.64 Å². The zero-order valence-electron chi connectivity index (χ0n) is 11.7. The standard InChI is InChI=1S/C15H24N2O2/c1-2-12-19-14-8-4-9-16-15(14)17(10-5-11-18)13-6-3-7-13/h4,8-9,13,18H,2-3,5-7,10-12H2,1H3. The maximum absolute atomic E-state index is 9.07. The molecule has 1 aliphatic rings. The number of rotatable bonds is 8. The smallest absolute Gasteiger partial charge is 0.171 e. The van der Waals surface area contributed by atoms with Crippen molar-refractivity contribution in [2.24, 2.45) is 0 Å². The zero-order valence-corrected chi connectivity index (χ0v) is 11.7. The molecule has 0 unspecified atom stereocenters. The minimum Gasteiger partial charge on any atom is -0.490 e. The molecule has 1 N–H and O–H groups in total. The van der Waals surface area contributed by atoms with Gasteiger partial charge in [-0.15, -0.1) is 0 Å². The van der Waals surface area contributed by atoms with Crippen molar-refractivity contribution in [3.8, 4) is 5.75 Å². The highest BCUT2D eigenvalue weighted by Gasteiger charge is 2.27. The van der Waals surface area contributed by atoms with Gasteiger partial charge in [0.1, 0.15) is 0 Å². The molecule has 1 saturated carbocycles. The number of nitrogens with zero attached hydrogens (tertiary/aromatic N) is 2. The fourth-order valence-corrected chi connectivity index (χ4v) is 2.32. The molecule has 0 aromatic carbocycles. The van der Waals surface area contributed by atoms with Gasteiger partial charge < -0.3 is 14.7 Å². The molecule has 19 heavy (non-hydrogen) atoms. The molecule has 0 saturated heterocycles. The Morgan fingerprint density at radius 1 is 1.47 bits per heavy atom. The molecular weight excluding hydrogens is 240 g/mol. The third-order valence-electron chi connectivity index (χ3n) is 3.56. The van der Waals surface area contributed by atoms with Crippen LogP contribution in [-0.2, 0) is 0 Å². The van der Waals surface area contributed by atoms with Gasteiger partial charge in [-0.3, -0.25) is 0 Å². The van der Waals surface area contributed by atoms with Crippen molar-refractivity contribution >= 4 is 5.82 Å². The molecule has 1 fully saturated rings. The fraction of sp³-hybridized carbons (Fsp3) is 0.667. The molecule has 0 spiro atoms. The van der Waals surface area contributed by atoms with E-state index in [1.807, 2.05) is 18.3 Å². The number of hydrogen-bond acceptors (Lipinski definition) is 4. The number of pyridine rings is 1. The van der Waals surface area contributed by atoms with E-state index < -0.39 is 0 Å². The summed E-state index contributed by atoms with van der Waals surface area (Å²) < 4.78 is 5.80. The summed E-state index contributed by atoms with van der Waals surface area (Å²) in [6.45, 7) is 3.89. The van der Waals surface area contributed by atoms with Crippen LogP contribution in [0.5, 0.6) is 5.75 Å². The van der Waals surface area contributed by atoms with Crippen LogP contribution in [0, 0.1) is 0 Å². The lowest BCUT2D eigenvalue weighted by molar-refractivity contribution is 0.280. The van der Waals surface area contributed by atoms with Gasteiger partial charge in [0.25, 0.3) is 0 Å². The summed E-state index contributed by atoms with van der Waals surface area (Å²) in [5.74, 6) is 1.81. The van der Waals surface area contributed by atoms with E-state index in [-0.39, 0.29) is 6.61 Å². The maximum atomic E-state index is 9.07. The average Bonchev–Trinajstić information content (AvgIpc) is 2.39. The van der Waals surface area contributed by atoms with E-state index in [0.29, 0.717) is 6.04 Å². The predicted molar refractivity (Wildman–Crippen MR) is 76.7 cm³/mol. The summed E-state index contributed by atoms with van der Waals surface area (Å²) in [4.78, 5) is 6.82. The van der Waals surface area contributed by atoms with Gasteiger partial charge in [-0.2, -0.15) is 0 Å². The Bertz CT molecular complexity index is 380. The first-order valence-electron chi connectivity index (χ1n) is 7.32. The third kappa shape index (κ3) is 3.60. The zero-order chi connectivity index (χ0) is 13.5. The van der Waals surface area contributed by atoms with E-state index in [4.69, 9.17) is 9.84 Å². The second kappa shape index (κ2) is 7.34. The summed E-state index contributed by atoms with van der Waals surface area (Å²) in [5.41, 5.74) is 0. The van der Waals surface area contributed by atoms with Crippen LogP contribution in [0.4, 0.5) is 5.82 Å². The molecule has 1 aliphatic carbocycles.